The van der Waals surface area contributed by atoms with Crippen LogP contribution in [0.4, 0.5) is 0 Å². The Morgan fingerprint density at radius 1 is 0.550 bits per heavy atom. The number of rotatable bonds is 37. The van der Waals surface area contributed by atoms with E-state index in [4.69, 9.17) is 18.5 Å². The van der Waals surface area contributed by atoms with E-state index in [1.54, 1.807) is 0 Å². The van der Waals surface area contributed by atoms with E-state index in [9.17, 15) is 39.8 Å². The molecule has 0 aromatic carbocycles. The lowest BCUT2D eigenvalue weighted by molar-refractivity contribution is -0.220. The van der Waals surface area contributed by atoms with Gasteiger partial charge in [0.1, 0.15) is 42.7 Å². The van der Waals surface area contributed by atoms with Crippen LogP contribution in [0.25, 0.3) is 0 Å². The quantitative estimate of drug-likeness (QED) is 0.0150. The second-order valence-corrected chi connectivity index (χ2v) is 16.9. The van der Waals surface area contributed by atoms with E-state index in [1.165, 1.54) is 70.6 Å². The standard InChI is InChI=1S/C47H81O12P/c1-3-5-7-9-11-13-15-17-19-20-21-22-23-24-26-28-30-32-34-36-41(48)58-40(38-56-37-35-33-31-29-27-25-18-16-14-12-10-8-6-4-2)39-57-60(54,55)59-47-45(52)43(50)42(49)44(51)46(47)53/h5,7,11,13,17,19,21-22,24,26,30,32,40,42-47,49-53H,3-4,6,8-10,12,14-16,18,20,23,25,27-29,31,33-39H2,1-2H3,(H,54,55)/b7-5-,13-11-,19-17-,22-21-,26-24-,32-30-/t40-,42?,43-,44?,45?,46?,47?/m1/s1. The minimum atomic E-state index is -5.04. The molecule has 0 aromatic rings. The summed E-state index contributed by atoms with van der Waals surface area (Å²) in [6, 6.07) is 0. The molecular formula is C47H81O12P. The van der Waals surface area contributed by atoms with Crippen LogP contribution in [-0.2, 0) is 27.9 Å². The van der Waals surface area contributed by atoms with Gasteiger partial charge in [0, 0.05) is 13.0 Å². The molecule has 0 radical (unpaired) electrons. The summed E-state index contributed by atoms with van der Waals surface area (Å²) in [4.78, 5) is 23.1. The van der Waals surface area contributed by atoms with Crippen molar-refractivity contribution in [1.82, 2.24) is 0 Å². The van der Waals surface area contributed by atoms with Crippen LogP contribution in [-0.4, -0.2) is 98.9 Å². The van der Waals surface area contributed by atoms with Crippen molar-refractivity contribution in [3.8, 4) is 0 Å². The molecule has 0 saturated heterocycles. The molecule has 6 unspecified atom stereocenters. The topological polar surface area (TPSA) is 192 Å². The number of unbranched alkanes of at least 4 members (excludes halogenated alkanes) is 13. The summed E-state index contributed by atoms with van der Waals surface area (Å²) >= 11 is 0. The fourth-order valence-electron chi connectivity index (χ4n) is 6.50. The summed E-state index contributed by atoms with van der Waals surface area (Å²) in [6.07, 6.45) is 35.5. The second kappa shape index (κ2) is 37.3. The molecule has 60 heavy (non-hydrogen) atoms. The number of hydrogen-bond acceptors (Lipinski definition) is 11. The van der Waals surface area contributed by atoms with Crippen molar-refractivity contribution in [1.29, 1.82) is 0 Å². The van der Waals surface area contributed by atoms with Crippen molar-refractivity contribution in [2.75, 3.05) is 19.8 Å². The highest BCUT2D eigenvalue weighted by Crippen LogP contribution is 2.47. The number of hydrogen-bond donors (Lipinski definition) is 6. The van der Waals surface area contributed by atoms with E-state index in [0.29, 0.717) is 13.0 Å². The molecule has 1 rings (SSSR count). The maximum atomic E-state index is 12.8. The van der Waals surface area contributed by atoms with Gasteiger partial charge in [-0.15, -0.1) is 0 Å². The van der Waals surface area contributed by atoms with Gasteiger partial charge in [0.25, 0.3) is 0 Å². The van der Waals surface area contributed by atoms with E-state index in [-0.39, 0.29) is 13.0 Å². The van der Waals surface area contributed by atoms with E-state index < -0.39 is 63.1 Å². The zero-order valence-electron chi connectivity index (χ0n) is 36.7. The van der Waals surface area contributed by atoms with Gasteiger partial charge in [-0.1, -0.05) is 170 Å². The molecule has 1 aliphatic carbocycles. The molecule has 6 N–H and O–H groups in total. The van der Waals surface area contributed by atoms with Crippen LogP contribution in [0.1, 0.15) is 155 Å². The van der Waals surface area contributed by atoms with Crippen molar-refractivity contribution in [2.45, 2.75) is 198 Å². The van der Waals surface area contributed by atoms with Crippen molar-refractivity contribution in [3.63, 3.8) is 0 Å². The zero-order valence-corrected chi connectivity index (χ0v) is 37.6. The Kier molecular flexibility index (Phi) is 34.7. The van der Waals surface area contributed by atoms with Crippen LogP contribution in [0, 0.1) is 0 Å². The predicted octanol–water partition coefficient (Wildman–Crippen LogP) is 9.19. The molecule has 8 atom stereocenters. The summed E-state index contributed by atoms with van der Waals surface area (Å²) in [7, 11) is -5.04. The maximum absolute atomic E-state index is 12.8. The molecule has 1 fully saturated rings. The number of ether oxygens (including phenoxy) is 2. The third-order valence-electron chi connectivity index (χ3n) is 10.1. The Bertz CT molecular complexity index is 1260. The Morgan fingerprint density at radius 3 is 1.40 bits per heavy atom. The molecule has 12 nitrogen and oxygen atoms in total. The van der Waals surface area contributed by atoms with Crippen LogP contribution in [0.15, 0.2) is 72.9 Å². The molecule has 0 heterocycles. The van der Waals surface area contributed by atoms with Crippen LogP contribution in [0.2, 0.25) is 0 Å². The van der Waals surface area contributed by atoms with Crippen molar-refractivity contribution >= 4 is 13.8 Å². The number of aliphatic hydroxyl groups is 5. The van der Waals surface area contributed by atoms with Gasteiger partial charge >= 0.3 is 13.8 Å². The van der Waals surface area contributed by atoms with Crippen molar-refractivity contribution in [3.05, 3.63) is 72.9 Å². The Hall–Kier alpha value is -2.22. The Morgan fingerprint density at radius 2 is 0.950 bits per heavy atom. The Labute approximate surface area is 361 Å². The monoisotopic (exact) mass is 869 g/mol. The largest absolute Gasteiger partial charge is 0.472 e. The van der Waals surface area contributed by atoms with Gasteiger partial charge in [-0.2, -0.15) is 0 Å². The molecule has 1 aliphatic rings. The van der Waals surface area contributed by atoms with Crippen LogP contribution < -0.4 is 0 Å². The number of allylic oxidation sites excluding steroid dienone is 12. The number of phosphoric ester groups is 1. The van der Waals surface area contributed by atoms with Gasteiger partial charge in [0.15, 0.2) is 0 Å². The summed E-state index contributed by atoms with van der Waals surface area (Å²) in [5, 5.41) is 50.1. The molecule has 1 saturated carbocycles. The lowest BCUT2D eigenvalue weighted by atomic mass is 9.85. The van der Waals surface area contributed by atoms with E-state index in [0.717, 1.165) is 57.8 Å². The van der Waals surface area contributed by atoms with E-state index >= 15 is 0 Å². The highest BCUT2D eigenvalue weighted by atomic mass is 31.2. The minimum absolute atomic E-state index is 0.0590. The fourth-order valence-corrected chi connectivity index (χ4v) is 7.47. The summed E-state index contributed by atoms with van der Waals surface area (Å²) in [5.74, 6) is -0.560. The average molecular weight is 869 g/mol. The number of carbonyl (C=O) groups excluding carboxylic acids is 1. The third kappa shape index (κ3) is 29.1. The number of phosphoric acid groups is 1. The molecule has 13 heteroatoms. The minimum Gasteiger partial charge on any atom is -0.457 e. The fraction of sp³-hybridized carbons (Fsp3) is 0.723. The molecule has 0 bridgehead atoms. The molecule has 0 amide bonds. The molecule has 0 spiro atoms. The van der Waals surface area contributed by atoms with Gasteiger partial charge in [-0.05, 0) is 51.4 Å². The first kappa shape index (κ1) is 55.8. The van der Waals surface area contributed by atoms with Crippen molar-refractivity contribution in [2.24, 2.45) is 0 Å². The van der Waals surface area contributed by atoms with Gasteiger partial charge in [-0.25, -0.2) is 4.57 Å². The smallest absolute Gasteiger partial charge is 0.457 e. The first-order valence-electron chi connectivity index (χ1n) is 22.8. The van der Waals surface area contributed by atoms with Gasteiger partial charge in [-0.3, -0.25) is 13.8 Å². The second-order valence-electron chi connectivity index (χ2n) is 15.5. The van der Waals surface area contributed by atoms with Gasteiger partial charge in [0.05, 0.1) is 13.2 Å². The summed E-state index contributed by atoms with van der Waals surface area (Å²) < 4.78 is 34.1. The maximum Gasteiger partial charge on any atom is 0.472 e. The lowest BCUT2D eigenvalue weighted by Crippen LogP contribution is -2.64. The molecule has 0 aliphatic heterocycles. The SMILES string of the molecule is CC/C=C\C/C=C\C/C=C\C/C=C\C/C=C\C/C=C\CCC(=O)O[C@H](COCCCCCCCCCCCCCCCC)COP(=O)(O)OC1C(O)C(O)C(O)[C@@H](O)C1O. The molecular weight excluding hydrogens is 787 g/mol. The molecule has 0 aromatic heterocycles. The van der Waals surface area contributed by atoms with Crippen LogP contribution >= 0.6 is 7.82 Å². The van der Waals surface area contributed by atoms with E-state index in [1.807, 2.05) is 12.2 Å². The number of carbonyl (C=O) groups is 1. The van der Waals surface area contributed by atoms with Gasteiger partial charge < -0.3 is 39.9 Å². The summed E-state index contributed by atoms with van der Waals surface area (Å²) in [6.45, 7) is 4.05. The highest BCUT2D eigenvalue weighted by molar-refractivity contribution is 7.47. The number of aliphatic hydroxyl groups excluding tert-OH is 5. The highest BCUT2D eigenvalue weighted by Gasteiger charge is 2.51. The Balaban J connectivity index is 2.47. The number of esters is 1. The average Bonchev–Trinajstić information content (AvgIpc) is 3.23. The normalized spacial score (nSPS) is 23.0. The first-order valence-corrected chi connectivity index (χ1v) is 24.3. The van der Waals surface area contributed by atoms with Crippen LogP contribution in [0.3, 0.4) is 0 Å². The summed E-state index contributed by atoms with van der Waals surface area (Å²) in [5.41, 5.74) is 0. The third-order valence-corrected chi connectivity index (χ3v) is 11.1. The van der Waals surface area contributed by atoms with Crippen molar-refractivity contribution < 1.29 is 58.3 Å². The van der Waals surface area contributed by atoms with Gasteiger partial charge in [0.2, 0.25) is 0 Å². The molecule has 346 valence electrons. The zero-order chi connectivity index (χ0) is 44.1. The first-order chi connectivity index (χ1) is 29.0. The predicted molar refractivity (Wildman–Crippen MR) is 239 cm³/mol. The van der Waals surface area contributed by atoms with E-state index in [2.05, 4.69) is 74.6 Å². The van der Waals surface area contributed by atoms with Crippen LogP contribution in [0.5, 0.6) is 0 Å². The lowest BCUT2D eigenvalue weighted by Gasteiger charge is -2.41.